The van der Waals surface area contributed by atoms with E-state index >= 15 is 0 Å². The molecule has 1 heterocycles. The molecule has 3 heteroatoms. The fourth-order valence-electron chi connectivity index (χ4n) is 3.27. The number of nitrogens with one attached hydrogen (secondary N) is 1. The van der Waals surface area contributed by atoms with E-state index < -0.39 is 0 Å². The number of aryl methyl sites for hydroxylation is 1. The van der Waals surface area contributed by atoms with Crippen LogP contribution in [-0.4, -0.2) is 16.0 Å². The minimum absolute atomic E-state index is 0.504. The Morgan fingerprint density at radius 1 is 0.958 bits per heavy atom. The van der Waals surface area contributed by atoms with Crippen molar-refractivity contribution in [2.24, 2.45) is 0 Å². The van der Waals surface area contributed by atoms with Gasteiger partial charge in [0, 0.05) is 30.0 Å². The van der Waals surface area contributed by atoms with Gasteiger partial charge in [0.2, 0.25) is 0 Å². The maximum absolute atomic E-state index is 4.80. The van der Waals surface area contributed by atoms with Crippen LogP contribution in [-0.2, 0) is 19.4 Å². The average Bonchev–Trinajstić information content (AvgIpc) is 2.67. The van der Waals surface area contributed by atoms with Gasteiger partial charge in [-0.1, -0.05) is 60.7 Å². The molecule has 1 N–H and O–H groups in total. The van der Waals surface area contributed by atoms with E-state index in [9.17, 15) is 0 Å². The summed E-state index contributed by atoms with van der Waals surface area (Å²) in [5.41, 5.74) is 4.91. The van der Waals surface area contributed by atoms with Gasteiger partial charge in [-0.05, 0) is 30.4 Å². The highest BCUT2D eigenvalue weighted by molar-refractivity contribution is 5.54. The first-order valence-corrected chi connectivity index (χ1v) is 8.56. The van der Waals surface area contributed by atoms with Crippen LogP contribution in [0.25, 0.3) is 11.4 Å². The highest BCUT2D eigenvalue weighted by Crippen LogP contribution is 2.22. The van der Waals surface area contributed by atoms with E-state index in [0.29, 0.717) is 6.04 Å². The van der Waals surface area contributed by atoms with Crippen LogP contribution in [0, 0.1) is 0 Å². The first-order chi connectivity index (χ1) is 11.9. The van der Waals surface area contributed by atoms with Crippen LogP contribution in [0.4, 0.5) is 0 Å². The van der Waals surface area contributed by atoms with E-state index in [1.165, 1.54) is 16.8 Å². The summed E-state index contributed by atoms with van der Waals surface area (Å²) in [6.45, 7) is 0.920. The Bertz CT molecular complexity index is 800. The van der Waals surface area contributed by atoms with Crippen molar-refractivity contribution in [1.29, 1.82) is 0 Å². The summed E-state index contributed by atoms with van der Waals surface area (Å²) in [5.74, 6) is 0.838. The summed E-state index contributed by atoms with van der Waals surface area (Å²) in [4.78, 5) is 9.37. The molecular formula is C21H21N3. The number of rotatable bonds is 4. The van der Waals surface area contributed by atoms with Gasteiger partial charge in [-0.2, -0.15) is 0 Å². The van der Waals surface area contributed by atoms with E-state index in [0.717, 1.165) is 37.2 Å². The topological polar surface area (TPSA) is 37.8 Å². The Morgan fingerprint density at radius 3 is 2.50 bits per heavy atom. The number of fused-ring (bicyclic) bond motifs is 1. The maximum Gasteiger partial charge on any atom is 0.159 e. The third-order valence-corrected chi connectivity index (χ3v) is 4.62. The fourth-order valence-corrected chi connectivity index (χ4v) is 3.27. The molecule has 0 amide bonds. The molecule has 1 atom stereocenters. The lowest BCUT2D eigenvalue weighted by molar-refractivity contribution is 0.452. The van der Waals surface area contributed by atoms with Gasteiger partial charge in [-0.15, -0.1) is 0 Å². The Balaban J connectivity index is 1.44. The molecule has 1 aliphatic carbocycles. The van der Waals surface area contributed by atoms with Crippen LogP contribution in [0.5, 0.6) is 0 Å². The third kappa shape index (κ3) is 3.36. The molecule has 0 saturated carbocycles. The molecule has 1 aromatic heterocycles. The summed E-state index contributed by atoms with van der Waals surface area (Å²) < 4.78 is 0. The smallest absolute Gasteiger partial charge is 0.159 e. The predicted octanol–water partition coefficient (Wildman–Crippen LogP) is 3.79. The SMILES string of the molecule is c1ccc(CN[C@H]2CCc3nc(-c4ccccc4)ncc3C2)cc1. The zero-order chi connectivity index (χ0) is 16.2. The highest BCUT2D eigenvalue weighted by Gasteiger charge is 2.20. The van der Waals surface area contributed by atoms with Crippen LogP contribution in [0.1, 0.15) is 23.2 Å². The lowest BCUT2D eigenvalue weighted by Crippen LogP contribution is -2.34. The van der Waals surface area contributed by atoms with E-state index in [1.807, 2.05) is 24.4 Å². The minimum Gasteiger partial charge on any atom is -0.310 e. The molecule has 0 unspecified atom stereocenters. The summed E-state index contributed by atoms with van der Waals surface area (Å²) in [6, 6.07) is 21.3. The number of aromatic nitrogens is 2. The Labute approximate surface area is 142 Å². The quantitative estimate of drug-likeness (QED) is 0.796. The zero-order valence-corrected chi connectivity index (χ0v) is 13.7. The van der Waals surface area contributed by atoms with Crippen LogP contribution < -0.4 is 5.32 Å². The first kappa shape index (κ1) is 15.0. The standard InChI is InChI=1S/C21H21N3/c1-3-7-16(8-4-1)14-22-19-11-12-20-18(13-19)15-23-21(24-20)17-9-5-2-6-10-17/h1-10,15,19,22H,11-14H2/t19-/m0/s1. The fraction of sp³-hybridized carbons (Fsp3) is 0.238. The van der Waals surface area contributed by atoms with Crippen molar-refractivity contribution in [2.45, 2.75) is 31.8 Å². The number of hydrogen-bond acceptors (Lipinski definition) is 3. The van der Waals surface area contributed by atoms with Gasteiger partial charge in [-0.25, -0.2) is 9.97 Å². The molecule has 3 aromatic rings. The van der Waals surface area contributed by atoms with Crippen molar-refractivity contribution in [2.75, 3.05) is 0 Å². The molecule has 3 nitrogen and oxygen atoms in total. The molecule has 0 saturated heterocycles. The van der Waals surface area contributed by atoms with Gasteiger partial charge in [0.05, 0.1) is 0 Å². The van der Waals surface area contributed by atoms with E-state index in [1.54, 1.807) is 0 Å². The number of hydrogen-bond donors (Lipinski definition) is 1. The molecule has 0 bridgehead atoms. The monoisotopic (exact) mass is 315 g/mol. The molecule has 0 spiro atoms. The van der Waals surface area contributed by atoms with Crippen molar-refractivity contribution in [3.05, 3.63) is 83.7 Å². The second-order valence-electron chi connectivity index (χ2n) is 6.34. The van der Waals surface area contributed by atoms with Gasteiger partial charge in [0.25, 0.3) is 0 Å². The summed E-state index contributed by atoms with van der Waals surface area (Å²) in [7, 11) is 0. The molecule has 4 rings (SSSR count). The lowest BCUT2D eigenvalue weighted by atomic mass is 9.92. The molecule has 2 aromatic carbocycles. The van der Waals surface area contributed by atoms with Crippen molar-refractivity contribution in [3.63, 3.8) is 0 Å². The zero-order valence-electron chi connectivity index (χ0n) is 13.7. The van der Waals surface area contributed by atoms with Gasteiger partial charge in [0.15, 0.2) is 5.82 Å². The van der Waals surface area contributed by atoms with Crippen molar-refractivity contribution < 1.29 is 0 Å². The minimum atomic E-state index is 0.504. The van der Waals surface area contributed by atoms with E-state index in [-0.39, 0.29) is 0 Å². The second-order valence-corrected chi connectivity index (χ2v) is 6.34. The van der Waals surface area contributed by atoms with Gasteiger partial charge in [0.1, 0.15) is 0 Å². The Hall–Kier alpha value is -2.52. The first-order valence-electron chi connectivity index (χ1n) is 8.56. The van der Waals surface area contributed by atoms with Crippen LogP contribution in [0.3, 0.4) is 0 Å². The third-order valence-electron chi connectivity index (χ3n) is 4.62. The van der Waals surface area contributed by atoms with Gasteiger partial charge < -0.3 is 5.32 Å². The average molecular weight is 315 g/mol. The summed E-state index contributed by atoms with van der Waals surface area (Å²) in [6.07, 6.45) is 5.17. The molecule has 120 valence electrons. The highest BCUT2D eigenvalue weighted by atomic mass is 14.9. The predicted molar refractivity (Wildman–Crippen MR) is 96.6 cm³/mol. The molecule has 0 fully saturated rings. The molecular weight excluding hydrogens is 294 g/mol. The van der Waals surface area contributed by atoms with Gasteiger partial charge >= 0.3 is 0 Å². The van der Waals surface area contributed by atoms with Crippen molar-refractivity contribution in [3.8, 4) is 11.4 Å². The molecule has 1 aliphatic rings. The lowest BCUT2D eigenvalue weighted by Gasteiger charge is -2.25. The maximum atomic E-state index is 4.80. The summed E-state index contributed by atoms with van der Waals surface area (Å²) in [5, 5.41) is 3.67. The molecule has 0 radical (unpaired) electrons. The van der Waals surface area contributed by atoms with Crippen LogP contribution in [0.2, 0.25) is 0 Å². The van der Waals surface area contributed by atoms with Gasteiger partial charge in [-0.3, -0.25) is 0 Å². The van der Waals surface area contributed by atoms with Crippen LogP contribution >= 0.6 is 0 Å². The van der Waals surface area contributed by atoms with Crippen molar-refractivity contribution in [1.82, 2.24) is 15.3 Å². The largest absolute Gasteiger partial charge is 0.310 e. The normalized spacial score (nSPS) is 16.6. The van der Waals surface area contributed by atoms with Crippen LogP contribution in [0.15, 0.2) is 66.9 Å². The summed E-state index contributed by atoms with van der Waals surface area (Å²) >= 11 is 0. The van der Waals surface area contributed by atoms with E-state index in [4.69, 9.17) is 4.98 Å². The Morgan fingerprint density at radius 2 is 1.71 bits per heavy atom. The Kier molecular flexibility index (Phi) is 4.34. The van der Waals surface area contributed by atoms with E-state index in [2.05, 4.69) is 52.8 Å². The van der Waals surface area contributed by atoms with Crippen molar-refractivity contribution >= 4 is 0 Å². The number of benzene rings is 2. The molecule has 24 heavy (non-hydrogen) atoms. The molecule has 0 aliphatic heterocycles. The number of nitrogens with zero attached hydrogens (tertiary/aromatic N) is 2. The second kappa shape index (κ2) is 6.93.